The minimum absolute atomic E-state index is 0.112. The molecule has 2 aromatic carbocycles. The van der Waals surface area contributed by atoms with Crippen LogP contribution >= 0.6 is 0 Å². The largest absolute Gasteiger partial charge is 0.343 e. The second kappa shape index (κ2) is 9.19. The molecule has 29 heavy (non-hydrogen) atoms. The van der Waals surface area contributed by atoms with E-state index in [1.165, 1.54) is 4.31 Å². The van der Waals surface area contributed by atoms with E-state index in [4.69, 9.17) is 0 Å². The van der Waals surface area contributed by atoms with Gasteiger partial charge in [0.1, 0.15) is 0 Å². The molecular formula is C21H25N3O4S. The number of hydrogen-bond acceptors (Lipinski definition) is 4. The van der Waals surface area contributed by atoms with E-state index in [9.17, 15) is 18.0 Å². The molecule has 0 saturated carbocycles. The van der Waals surface area contributed by atoms with Crippen LogP contribution in [0.25, 0.3) is 0 Å². The summed E-state index contributed by atoms with van der Waals surface area (Å²) in [5, 5.41) is 2.61. The summed E-state index contributed by atoms with van der Waals surface area (Å²) in [6.07, 6.45) is 0.849. The number of benzene rings is 2. The fraction of sp³-hybridized carbons (Fsp3) is 0.333. The average Bonchev–Trinajstić information content (AvgIpc) is 2.78. The van der Waals surface area contributed by atoms with E-state index < -0.39 is 10.0 Å². The summed E-state index contributed by atoms with van der Waals surface area (Å²) in [5.74, 6) is -0.533. The summed E-state index contributed by atoms with van der Waals surface area (Å²) in [6, 6.07) is 15.6. The Morgan fingerprint density at radius 2 is 1.55 bits per heavy atom. The molecule has 0 spiro atoms. The van der Waals surface area contributed by atoms with E-state index in [0.717, 1.165) is 12.0 Å². The number of hydrogen-bond donors (Lipinski definition) is 1. The molecule has 154 valence electrons. The molecule has 2 amide bonds. The van der Waals surface area contributed by atoms with Crippen LogP contribution in [0.5, 0.6) is 0 Å². The van der Waals surface area contributed by atoms with Gasteiger partial charge in [0, 0.05) is 31.7 Å². The van der Waals surface area contributed by atoms with Crippen LogP contribution in [-0.2, 0) is 21.2 Å². The topological polar surface area (TPSA) is 86.8 Å². The summed E-state index contributed by atoms with van der Waals surface area (Å²) in [7, 11) is -3.57. The van der Waals surface area contributed by atoms with Crippen molar-refractivity contribution in [3.05, 3.63) is 65.7 Å². The highest BCUT2D eigenvalue weighted by molar-refractivity contribution is 7.89. The molecule has 1 fully saturated rings. The molecule has 8 heteroatoms. The molecule has 1 heterocycles. The molecule has 1 N–H and O–H groups in total. The Morgan fingerprint density at radius 1 is 0.931 bits per heavy atom. The second-order valence-corrected chi connectivity index (χ2v) is 8.77. The van der Waals surface area contributed by atoms with Crippen molar-refractivity contribution in [3.8, 4) is 0 Å². The molecule has 0 bridgehead atoms. The highest BCUT2D eigenvalue weighted by Gasteiger charge is 2.30. The zero-order chi connectivity index (χ0) is 20.9. The van der Waals surface area contributed by atoms with Crippen LogP contribution in [0.1, 0.15) is 22.8 Å². The Kier molecular flexibility index (Phi) is 6.66. The van der Waals surface area contributed by atoms with Crippen molar-refractivity contribution in [3.63, 3.8) is 0 Å². The van der Waals surface area contributed by atoms with Crippen LogP contribution < -0.4 is 5.32 Å². The Hall–Kier alpha value is -2.71. The smallest absolute Gasteiger partial charge is 0.251 e. The van der Waals surface area contributed by atoms with Gasteiger partial charge in [0.25, 0.3) is 5.91 Å². The molecule has 0 radical (unpaired) electrons. The third-order valence-electron chi connectivity index (χ3n) is 5.00. The predicted octanol–water partition coefficient (Wildman–Crippen LogP) is 1.51. The summed E-state index contributed by atoms with van der Waals surface area (Å²) in [6.45, 7) is 2.96. The van der Waals surface area contributed by atoms with Crippen LogP contribution in [-0.4, -0.2) is 62.2 Å². The van der Waals surface area contributed by atoms with Crippen molar-refractivity contribution in [1.82, 2.24) is 14.5 Å². The number of carbonyl (C=O) groups is 2. The summed E-state index contributed by atoms with van der Waals surface area (Å²) in [5.41, 5.74) is 1.57. The van der Waals surface area contributed by atoms with E-state index in [1.54, 1.807) is 41.3 Å². The molecule has 0 aliphatic carbocycles. The number of aryl methyl sites for hydroxylation is 1. The summed E-state index contributed by atoms with van der Waals surface area (Å²) in [4.78, 5) is 26.3. The van der Waals surface area contributed by atoms with E-state index in [-0.39, 0.29) is 36.3 Å². The third kappa shape index (κ3) is 5.02. The Labute approximate surface area is 171 Å². The maximum atomic E-state index is 12.8. The quantitative estimate of drug-likeness (QED) is 0.775. The number of piperazine rings is 1. The molecule has 3 rings (SSSR count). The standard InChI is InChI=1S/C21H25N3O4S/c1-2-17-8-10-19(11-9-17)29(27,28)24-14-12-23(13-15-24)20(25)16-22-21(26)18-6-4-3-5-7-18/h3-11H,2,12-16H2,1H3,(H,22,26). The fourth-order valence-electron chi connectivity index (χ4n) is 3.18. The van der Waals surface area contributed by atoms with Crippen LogP contribution in [0.4, 0.5) is 0 Å². The molecular weight excluding hydrogens is 390 g/mol. The van der Waals surface area contributed by atoms with E-state index in [0.29, 0.717) is 18.7 Å². The minimum atomic E-state index is -3.57. The van der Waals surface area contributed by atoms with Gasteiger partial charge in [0.2, 0.25) is 15.9 Å². The monoisotopic (exact) mass is 415 g/mol. The molecule has 2 aromatic rings. The Morgan fingerprint density at radius 3 is 2.14 bits per heavy atom. The lowest BCUT2D eigenvalue weighted by Crippen LogP contribution is -2.52. The molecule has 0 atom stereocenters. The van der Waals surface area contributed by atoms with Crippen LogP contribution in [0.15, 0.2) is 59.5 Å². The second-order valence-electron chi connectivity index (χ2n) is 6.83. The van der Waals surface area contributed by atoms with Gasteiger partial charge in [-0.05, 0) is 36.2 Å². The van der Waals surface area contributed by atoms with Crippen molar-refractivity contribution in [1.29, 1.82) is 0 Å². The maximum Gasteiger partial charge on any atom is 0.251 e. The predicted molar refractivity (Wildman–Crippen MR) is 110 cm³/mol. The molecule has 1 aliphatic heterocycles. The lowest BCUT2D eigenvalue weighted by molar-refractivity contribution is -0.131. The van der Waals surface area contributed by atoms with Gasteiger partial charge < -0.3 is 10.2 Å². The number of nitrogens with one attached hydrogen (secondary N) is 1. The molecule has 1 aliphatic rings. The summed E-state index contributed by atoms with van der Waals surface area (Å²) < 4.78 is 27.0. The van der Waals surface area contributed by atoms with Crippen molar-refractivity contribution >= 4 is 21.8 Å². The van der Waals surface area contributed by atoms with E-state index in [1.807, 2.05) is 25.1 Å². The zero-order valence-corrected chi connectivity index (χ0v) is 17.2. The van der Waals surface area contributed by atoms with Gasteiger partial charge in [-0.15, -0.1) is 0 Å². The van der Waals surface area contributed by atoms with Crippen LogP contribution in [0.2, 0.25) is 0 Å². The first-order valence-electron chi connectivity index (χ1n) is 9.62. The average molecular weight is 416 g/mol. The summed E-state index contributed by atoms with van der Waals surface area (Å²) >= 11 is 0. The van der Waals surface area contributed by atoms with Crippen molar-refractivity contribution in [2.75, 3.05) is 32.7 Å². The normalized spacial score (nSPS) is 15.1. The number of nitrogens with zero attached hydrogens (tertiary/aromatic N) is 2. The first-order valence-corrected chi connectivity index (χ1v) is 11.1. The van der Waals surface area contributed by atoms with Crippen molar-refractivity contribution < 1.29 is 18.0 Å². The minimum Gasteiger partial charge on any atom is -0.343 e. The number of amides is 2. The Balaban J connectivity index is 1.52. The van der Waals surface area contributed by atoms with Crippen molar-refractivity contribution in [2.24, 2.45) is 0 Å². The highest BCUT2D eigenvalue weighted by atomic mass is 32.2. The van der Waals surface area contributed by atoms with Crippen molar-refractivity contribution in [2.45, 2.75) is 18.2 Å². The third-order valence-corrected chi connectivity index (χ3v) is 6.91. The van der Waals surface area contributed by atoms with Gasteiger partial charge in [0.15, 0.2) is 0 Å². The molecule has 0 unspecified atom stereocenters. The fourth-order valence-corrected chi connectivity index (χ4v) is 4.61. The number of rotatable bonds is 6. The van der Waals surface area contributed by atoms with Gasteiger partial charge >= 0.3 is 0 Å². The molecule has 1 saturated heterocycles. The lowest BCUT2D eigenvalue weighted by Gasteiger charge is -2.34. The van der Waals surface area contributed by atoms with Gasteiger partial charge in [-0.3, -0.25) is 9.59 Å². The van der Waals surface area contributed by atoms with Gasteiger partial charge in [-0.2, -0.15) is 4.31 Å². The lowest BCUT2D eigenvalue weighted by atomic mass is 10.2. The number of sulfonamides is 1. The van der Waals surface area contributed by atoms with E-state index in [2.05, 4.69) is 5.32 Å². The molecule has 7 nitrogen and oxygen atoms in total. The van der Waals surface area contributed by atoms with Gasteiger partial charge in [-0.25, -0.2) is 8.42 Å². The molecule has 0 aromatic heterocycles. The maximum absolute atomic E-state index is 12.8. The first-order chi connectivity index (χ1) is 13.9. The first kappa shape index (κ1) is 21.0. The SMILES string of the molecule is CCc1ccc(S(=O)(=O)N2CCN(C(=O)CNC(=O)c3ccccc3)CC2)cc1. The zero-order valence-electron chi connectivity index (χ0n) is 16.4. The Bertz CT molecular complexity index is 951. The highest BCUT2D eigenvalue weighted by Crippen LogP contribution is 2.18. The number of carbonyl (C=O) groups excluding carboxylic acids is 2. The van der Waals surface area contributed by atoms with Crippen LogP contribution in [0, 0.1) is 0 Å². The van der Waals surface area contributed by atoms with Crippen LogP contribution in [0.3, 0.4) is 0 Å². The van der Waals surface area contributed by atoms with Gasteiger partial charge in [-0.1, -0.05) is 37.3 Å². The van der Waals surface area contributed by atoms with Gasteiger partial charge in [0.05, 0.1) is 11.4 Å². The van der Waals surface area contributed by atoms with E-state index >= 15 is 0 Å².